The van der Waals surface area contributed by atoms with Crippen molar-refractivity contribution >= 4 is 18.0 Å². The normalized spacial score (nSPS) is 14.9. The van der Waals surface area contributed by atoms with Crippen LogP contribution in [0.2, 0.25) is 0 Å². The van der Waals surface area contributed by atoms with Gasteiger partial charge in [0, 0.05) is 11.5 Å². The number of carbonyl (C=O) groups excluding carboxylic acids is 2. The van der Waals surface area contributed by atoms with Crippen LogP contribution in [0.5, 0.6) is 34.5 Å². The predicted octanol–water partition coefficient (Wildman–Crippen LogP) is 6.37. The van der Waals surface area contributed by atoms with Crippen molar-refractivity contribution in [3.05, 3.63) is 112 Å². The van der Waals surface area contributed by atoms with Crippen LogP contribution in [0.15, 0.2) is 84.4 Å². The van der Waals surface area contributed by atoms with E-state index in [1.807, 2.05) is 60.7 Å². The molecule has 0 amide bonds. The average molecular weight is 655 g/mol. The Balaban J connectivity index is 1.73. The molecule has 0 saturated heterocycles. The molecule has 0 fully saturated rings. The molecule has 10 heteroatoms. The molecule has 1 aliphatic rings. The molecule has 0 aromatic heterocycles. The van der Waals surface area contributed by atoms with E-state index in [4.69, 9.17) is 37.9 Å². The first kappa shape index (κ1) is 33.7. The van der Waals surface area contributed by atoms with Gasteiger partial charge >= 0.3 is 11.9 Å². The molecule has 250 valence electrons. The lowest BCUT2D eigenvalue weighted by molar-refractivity contribution is -0.147. The zero-order valence-corrected chi connectivity index (χ0v) is 27.7. The summed E-state index contributed by atoms with van der Waals surface area (Å²) in [5, 5.41) is 0. The molecule has 0 N–H and O–H groups in total. The van der Waals surface area contributed by atoms with Gasteiger partial charge in [0.25, 0.3) is 0 Å². The molecule has 4 aromatic rings. The molecule has 4 aromatic carbocycles. The van der Waals surface area contributed by atoms with E-state index in [-0.39, 0.29) is 18.8 Å². The summed E-state index contributed by atoms with van der Waals surface area (Å²) in [6, 6.07) is 24.6. The highest BCUT2D eigenvalue weighted by molar-refractivity contribution is 6.02. The Morgan fingerprint density at radius 1 is 0.604 bits per heavy atom. The Morgan fingerprint density at radius 2 is 1.12 bits per heavy atom. The summed E-state index contributed by atoms with van der Waals surface area (Å²) in [5.41, 5.74) is 3.64. The molecular formula is C38H38O10. The van der Waals surface area contributed by atoms with Crippen molar-refractivity contribution in [2.24, 2.45) is 5.92 Å². The summed E-state index contributed by atoms with van der Waals surface area (Å²) in [4.78, 5) is 27.0. The van der Waals surface area contributed by atoms with Crippen molar-refractivity contribution in [3.63, 3.8) is 0 Å². The standard InChI is InChI=1S/C38H38O10/c1-41-28-19-26(20-29(42-2)34(28)47-21-23-13-9-7-10-14-23)31-32-25(17-27(37(39)45-5)33(31)38(40)46-6)18-30(43-3)35(36(32)44-4)48-22-24-15-11-8-12-16-24/h7-20,31,33H,21-22H2,1-6H3/t31-,33-/m1/s1. The van der Waals surface area contributed by atoms with Gasteiger partial charge in [-0.2, -0.15) is 0 Å². The van der Waals surface area contributed by atoms with Gasteiger partial charge in [0.1, 0.15) is 13.2 Å². The summed E-state index contributed by atoms with van der Waals surface area (Å²) >= 11 is 0. The van der Waals surface area contributed by atoms with E-state index >= 15 is 0 Å². The maximum Gasteiger partial charge on any atom is 0.334 e. The fraction of sp³-hybridized carbons (Fsp3) is 0.263. The number of hydrogen-bond donors (Lipinski definition) is 0. The summed E-state index contributed by atoms with van der Waals surface area (Å²) in [6.45, 7) is 0.477. The lowest BCUT2D eigenvalue weighted by Crippen LogP contribution is -2.33. The van der Waals surface area contributed by atoms with Crippen molar-refractivity contribution in [2.45, 2.75) is 19.1 Å². The maximum atomic E-state index is 13.7. The average Bonchev–Trinajstić information content (AvgIpc) is 3.14. The number of rotatable bonds is 13. The Morgan fingerprint density at radius 3 is 1.60 bits per heavy atom. The van der Waals surface area contributed by atoms with Crippen LogP contribution < -0.4 is 28.4 Å². The fourth-order valence-electron chi connectivity index (χ4n) is 5.92. The molecule has 0 heterocycles. The van der Waals surface area contributed by atoms with Crippen LogP contribution in [0.1, 0.15) is 33.7 Å². The third-order valence-corrected chi connectivity index (χ3v) is 8.16. The second-order valence-electron chi connectivity index (χ2n) is 10.8. The third kappa shape index (κ3) is 6.73. The Hall–Kier alpha value is -5.64. The van der Waals surface area contributed by atoms with Gasteiger partial charge in [0.15, 0.2) is 23.0 Å². The number of fused-ring (bicyclic) bond motifs is 1. The van der Waals surface area contributed by atoms with E-state index in [0.29, 0.717) is 51.2 Å². The van der Waals surface area contributed by atoms with Crippen molar-refractivity contribution in [1.82, 2.24) is 0 Å². The number of ether oxygens (including phenoxy) is 8. The zero-order valence-electron chi connectivity index (χ0n) is 27.7. The minimum atomic E-state index is -1.15. The molecule has 0 aliphatic heterocycles. The van der Waals surface area contributed by atoms with E-state index in [1.54, 1.807) is 24.3 Å². The molecule has 0 unspecified atom stereocenters. The van der Waals surface area contributed by atoms with E-state index in [2.05, 4.69) is 0 Å². The van der Waals surface area contributed by atoms with Gasteiger partial charge in [0.05, 0.1) is 54.1 Å². The van der Waals surface area contributed by atoms with Gasteiger partial charge < -0.3 is 37.9 Å². The maximum absolute atomic E-state index is 13.7. The number of hydrogen-bond acceptors (Lipinski definition) is 10. The van der Waals surface area contributed by atoms with Crippen LogP contribution in [0.25, 0.3) is 6.08 Å². The molecule has 5 rings (SSSR count). The molecule has 2 atom stereocenters. The van der Waals surface area contributed by atoms with Crippen LogP contribution in [0, 0.1) is 5.92 Å². The smallest absolute Gasteiger partial charge is 0.334 e. The molecule has 0 saturated carbocycles. The lowest BCUT2D eigenvalue weighted by atomic mass is 9.70. The van der Waals surface area contributed by atoms with E-state index in [0.717, 1.165) is 11.1 Å². The van der Waals surface area contributed by atoms with Crippen LogP contribution in [0.4, 0.5) is 0 Å². The van der Waals surface area contributed by atoms with E-state index < -0.39 is 23.8 Å². The van der Waals surface area contributed by atoms with Crippen molar-refractivity contribution in [2.75, 3.05) is 42.7 Å². The van der Waals surface area contributed by atoms with Crippen LogP contribution >= 0.6 is 0 Å². The van der Waals surface area contributed by atoms with Gasteiger partial charge in [-0.1, -0.05) is 60.7 Å². The largest absolute Gasteiger partial charge is 0.493 e. The molecule has 10 nitrogen and oxygen atoms in total. The van der Waals surface area contributed by atoms with Crippen molar-refractivity contribution in [3.8, 4) is 34.5 Å². The monoisotopic (exact) mass is 654 g/mol. The summed E-state index contributed by atoms with van der Waals surface area (Å²) in [5.74, 6) is -1.26. The topological polar surface area (TPSA) is 108 Å². The van der Waals surface area contributed by atoms with E-state index in [9.17, 15) is 9.59 Å². The van der Waals surface area contributed by atoms with Gasteiger partial charge in [-0.25, -0.2) is 4.79 Å². The number of carbonyl (C=O) groups is 2. The molecule has 0 bridgehead atoms. The highest BCUT2D eigenvalue weighted by atomic mass is 16.5. The van der Waals surface area contributed by atoms with Crippen LogP contribution in [-0.4, -0.2) is 54.6 Å². The zero-order chi connectivity index (χ0) is 34.2. The first-order chi connectivity index (χ1) is 23.4. The first-order valence-electron chi connectivity index (χ1n) is 15.1. The molecular weight excluding hydrogens is 616 g/mol. The Bertz CT molecular complexity index is 1760. The van der Waals surface area contributed by atoms with Crippen molar-refractivity contribution < 1.29 is 47.5 Å². The Labute approximate surface area is 279 Å². The second-order valence-corrected chi connectivity index (χ2v) is 10.8. The summed E-state index contributed by atoms with van der Waals surface area (Å²) in [6.07, 6.45) is 1.59. The van der Waals surface area contributed by atoms with E-state index in [1.165, 1.54) is 42.7 Å². The summed E-state index contributed by atoms with van der Waals surface area (Å²) in [7, 11) is 8.58. The first-order valence-corrected chi connectivity index (χ1v) is 15.1. The van der Waals surface area contributed by atoms with Crippen LogP contribution in [-0.2, 0) is 32.3 Å². The second kappa shape index (κ2) is 15.3. The number of benzene rings is 4. The minimum absolute atomic E-state index is 0.0891. The number of methoxy groups -OCH3 is 6. The predicted molar refractivity (Wildman–Crippen MR) is 178 cm³/mol. The van der Waals surface area contributed by atoms with Gasteiger partial charge in [-0.05, 0) is 46.5 Å². The third-order valence-electron chi connectivity index (χ3n) is 8.16. The minimum Gasteiger partial charge on any atom is -0.493 e. The Kier molecular flexibility index (Phi) is 10.7. The molecule has 0 spiro atoms. The summed E-state index contributed by atoms with van der Waals surface area (Å²) < 4.78 is 46.4. The van der Waals surface area contributed by atoms with Gasteiger partial charge in [-0.3, -0.25) is 4.79 Å². The highest BCUT2D eigenvalue weighted by Gasteiger charge is 2.45. The van der Waals surface area contributed by atoms with Gasteiger partial charge in [0.2, 0.25) is 11.5 Å². The number of esters is 2. The van der Waals surface area contributed by atoms with Crippen molar-refractivity contribution in [1.29, 1.82) is 0 Å². The van der Waals surface area contributed by atoms with Gasteiger partial charge in [-0.15, -0.1) is 0 Å². The molecule has 1 aliphatic carbocycles. The van der Waals surface area contributed by atoms with Crippen LogP contribution in [0.3, 0.4) is 0 Å². The lowest BCUT2D eigenvalue weighted by Gasteiger charge is -2.34. The fourth-order valence-corrected chi connectivity index (χ4v) is 5.92. The molecule has 48 heavy (non-hydrogen) atoms. The quantitative estimate of drug-likeness (QED) is 0.151. The highest BCUT2D eigenvalue weighted by Crippen LogP contribution is 2.55. The molecule has 0 radical (unpaired) electrons. The SMILES string of the molecule is COC(=O)C1=Cc2cc(OC)c(OCc3ccccc3)c(OC)c2[C@@H](c2cc(OC)c(OCc3ccccc3)c(OC)c2)[C@@H]1C(=O)OC.